The van der Waals surface area contributed by atoms with Crippen molar-refractivity contribution in [2.45, 2.75) is 30.8 Å². The van der Waals surface area contributed by atoms with Gasteiger partial charge in [0.05, 0.1) is 11.0 Å². The molecule has 0 radical (unpaired) electrons. The van der Waals surface area contributed by atoms with Gasteiger partial charge in [0.15, 0.2) is 11.0 Å². The van der Waals surface area contributed by atoms with E-state index in [1.807, 2.05) is 30.5 Å². The first-order valence-corrected chi connectivity index (χ1v) is 12.5. The van der Waals surface area contributed by atoms with Crippen LogP contribution in [0.15, 0.2) is 82.4 Å². The molecule has 1 atom stereocenters. The molecule has 0 aliphatic rings. The maximum atomic E-state index is 12.8. The van der Waals surface area contributed by atoms with Gasteiger partial charge in [0.1, 0.15) is 0 Å². The molecule has 0 bridgehead atoms. The predicted molar refractivity (Wildman–Crippen MR) is 139 cm³/mol. The molecule has 1 N–H and O–H groups in total. The van der Waals surface area contributed by atoms with E-state index in [0.717, 1.165) is 10.0 Å². The number of amides is 1. The number of hydrogen-bond acceptors (Lipinski definition) is 6. The molecule has 1 heterocycles. The average molecular weight is 552 g/mol. The molecule has 4 rings (SSSR count). The summed E-state index contributed by atoms with van der Waals surface area (Å²) in [5.41, 5.74) is 3.51. The third-order valence-electron chi connectivity index (χ3n) is 5.27. The average Bonchev–Trinajstić information content (AvgIpc) is 3.27. The third kappa shape index (κ3) is 5.95. The normalized spacial score (nSPS) is 11.7. The molecular formula is C25H22BrN5O3S. The van der Waals surface area contributed by atoms with Crippen molar-refractivity contribution in [1.29, 1.82) is 0 Å². The van der Waals surface area contributed by atoms with Crippen molar-refractivity contribution in [3.8, 4) is 5.69 Å². The Labute approximate surface area is 215 Å². The number of hydrogen-bond donors (Lipinski definition) is 1. The number of carbonyl (C=O) groups excluding carboxylic acids is 1. The van der Waals surface area contributed by atoms with Gasteiger partial charge in [0.25, 0.3) is 11.6 Å². The van der Waals surface area contributed by atoms with Crippen molar-refractivity contribution in [2.75, 3.05) is 0 Å². The Morgan fingerprint density at radius 3 is 2.49 bits per heavy atom. The lowest BCUT2D eigenvalue weighted by Crippen LogP contribution is -2.28. The molecule has 10 heteroatoms. The first kappa shape index (κ1) is 24.6. The van der Waals surface area contributed by atoms with E-state index in [2.05, 4.69) is 43.6 Å². The maximum absolute atomic E-state index is 12.8. The zero-order valence-electron chi connectivity index (χ0n) is 19.0. The third-order valence-corrected chi connectivity index (χ3v) is 6.80. The molecule has 0 aliphatic carbocycles. The lowest BCUT2D eigenvalue weighted by Gasteiger charge is -2.16. The van der Waals surface area contributed by atoms with Crippen molar-refractivity contribution in [1.82, 2.24) is 20.1 Å². The number of rotatable bonds is 8. The molecule has 0 saturated carbocycles. The molecule has 0 fully saturated rings. The second-order valence-electron chi connectivity index (χ2n) is 7.93. The zero-order chi connectivity index (χ0) is 24.9. The summed E-state index contributed by atoms with van der Waals surface area (Å²) in [6.07, 6.45) is 0. The quantitative estimate of drug-likeness (QED) is 0.163. The van der Waals surface area contributed by atoms with Gasteiger partial charge < -0.3 is 5.32 Å². The number of nitro benzene ring substituents is 1. The monoisotopic (exact) mass is 551 g/mol. The highest BCUT2D eigenvalue weighted by molar-refractivity contribution is 9.10. The topological polar surface area (TPSA) is 103 Å². The lowest BCUT2D eigenvalue weighted by molar-refractivity contribution is -0.384. The van der Waals surface area contributed by atoms with Crippen LogP contribution < -0.4 is 5.32 Å². The molecule has 0 aliphatic heterocycles. The fourth-order valence-corrected chi connectivity index (χ4v) is 4.68. The Morgan fingerprint density at radius 2 is 1.83 bits per heavy atom. The van der Waals surface area contributed by atoms with E-state index in [0.29, 0.717) is 28.0 Å². The highest BCUT2D eigenvalue weighted by atomic mass is 79.9. The Kier molecular flexibility index (Phi) is 7.62. The Hall–Kier alpha value is -3.50. The van der Waals surface area contributed by atoms with E-state index < -0.39 is 11.0 Å². The van der Waals surface area contributed by atoms with Crippen molar-refractivity contribution < 1.29 is 9.72 Å². The molecule has 0 saturated heterocycles. The molecule has 1 aromatic heterocycles. The molecular weight excluding hydrogens is 530 g/mol. The fourth-order valence-electron chi connectivity index (χ4n) is 3.52. The number of benzene rings is 3. The number of carbonyl (C=O) groups is 1. The number of nitrogens with one attached hydrogen (secondary N) is 1. The molecule has 35 heavy (non-hydrogen) atoms. The van der Waals surface area contributed by atoms with E-state index in [1.165, 1.54) is 29.5 Å². The highest BCUT2D eigenvalue weighted by Gasteiger charge is 2.22. The van der Waals surface area contributed by atoms with Crippen molar-refractivity contribution >= 4 is 39.3 Å². The number of halogens is 1. The summed E-state index contributed by atoms with van der Waals surface area (Å²) >= 11 is 4.88. The van der Waals surface area contributed by atoms with Crippen molar-refractivity contribution in [3.05, 3.63) is 110 Å². The van der Waals surface area contributed by atoms with Gasteiger partial charge in [-0.1, -0.05) is 57.5 Å². The van der Waals surface area contributed by atoms with Crippen LogP contribution in [0.4, 0.5) is 5.69 Å². The van der Waals surface area contributed by atoms with Crippen LogP contribution in [0.1, 0.15) is 40.3 Å². The van der Waals surface area contributed by atoms with Crippen LogP contribution in [0.2, 0.25) is 0 Å². The Bertz CT molecular complexity index is 1360. The fraction of sp³-hybridized carbons (Fsp3) is 0.160. The molecule has 1 amide bonds. The van der Waals surface area contributed by atoms with Gasteiger partial charge in [0, 0.05) is 33.6 Å². The molecule has 8 nitrogen and oxygen atoms in total. The van der Waals surface area contributed by atoms with Gasteiger partial charge in [-0.15, -0.1) is 10.2 Å². The van der Waals surface area contributed by atoms with Crippen LogP contribution in [0, 0.1) is 17.0 Å². The van der Waals surface area contributed by atoms with Crippen molar-refractivity contribution in [2.24, 2.45) is 0 Å². The number of nitrogens with zero attached hydrogens (tertiary/aromatic N) is 4. The minimum Gasteiger partial charge on any atom is -0.342 e. The van der Waals surface area contributed by atoms with E-state index in [1.54, 1.807) is 36.4 Å². The number of thioether (sulfide) groups is 1. The first-order valence-electron chi connectivity index (χ1n) is 10.8. The molecule has 178 valence electrons. The summed E-state index contributed by atoms with van der Waals surface area (Å²) in [6, 6.07) is 21.0. The number of aryl methyl sites for hydroxylation is 1. The van der Waals surface area contributed by atoms with E-state index in [4.69, 9.17) is 0 Å². The molecule has 1 unspecified atom stereocenters. The first-order chi connectivity index (χ1) is 16.8. The van der Waals surface area contributed by atoms with Gasteiger partial charge in [-0.25, -0.2) is 0 Å². The van der Waals surface area contributed by atoms with Crippen LogP contribution in [-0.2, 0) is 5.75 Å². The predicted octanol–water partition coefficient (Wildman–Crippen LogP) is 6.03. The number of nitro groups is 1. The Balaban J connectivity index is 1.64. The SMILES string of the molecule is Cc1cccc(CSc2nnc(C(C)NC(=O)c3ccc(Br)cc3)n2-c2ccc([N+](=O)[O-])cc2)c1. The largest absolute Gasteiger partial charge is 0.342 e. The number of non-ortho nitro benzene ring substituents is 1. The highest BCUT2D eigenvalue weighted by Crippen LogP contribution is 2.29. The summed E-state index contributed by atoms with van der Waals surface area (Å²) < 4.78 is 2.71. The number of aromatic nitrogens is 3. The summed E-state index contributed by atoms with van der Waals surface area (Å²) in [7, 11) is 0. The van der Waals surface area contributed by atoms with Gasteiger partial charge in [-0.2, -0.15) is 0 Å². The smallest absolute Gasteiger partial charge is 0.269 e. The standard InChI is InChI=1S/C25H22BrN5O3S/c1-16-4-3-5-18(14-16)15-35-25-29-28-23(30(25)21-10-12-22(13-11-21)31(33)34)17(2)27-24(32)19-6-8-20(26)9-7-19/h3-14,17H,15H2,1-2H3,(H,27,32). The van der Waals surface area contributed by atoms with E-state index >= 15 is 0 Å². The van der Waals surface area contributed by atoms with Crippen LogP contribution >= 0.6 is 27.7 Å². The van der Waals surface area contributed by atoms with Crippen LogP contribution in [-0.4, -0.2) is 25.6 Å². The van der Waals surface area contributed by atoms with Gasteiger partial charge >= 0.3 is 0 Å². The molecule has 4 aromatic rings. The van der Waals surface area contributed by atoms with Gasteiger partial charge in [0.2, 0.25) is 0 Å². The molecule has 0 spiro atoms. The van der Waals surface area contributed by atoms with Crippen LogP contribution in [0.5, 0.6) is 0 Å². The van der Waals surface area contributed by atoms with Gasteiger partial charge in [-0.05, 0) is 55.8 Å². The van der Waals surface area contributed by atoms with E-state index in [-0.39, 0.29) is 11.6 Å². The summed E-state index contributed by atoms with van der Waals surface area (Å²) in [6.45, 7) is 3.87. The molecule has 3 aromatic carbocycles. The summed E-state index contributed by atoms with van der Waals surface area (Å²) in [5, 5.41) is 23.5. The van der Waals surface area contributed by atoms with Gasteiger partial charge in [-0.3, -0.25) is 19.5 Å². The lowest BCUT2D eigenvalue weighted by atomic mass is 10.2. The van der Waals surface area contributed by atoms with Crippen LogP contribution in [0.25, 0.3) is 5.69 Å². The second kappa shape index (κ2) is 10.8. The minimum absolute atomic E-state index is 0.00562. The van der Waals surface area contributed by atoms with Crippen LogP contribution in [0.3, 0.4) is 0 Å². The Morgan fingerprint density at radius 1 is 1.11 bits per heavy atom. The second-order valence-corrected chi connectivity index (χ2v) is 9.79. The maximum Gasteiger partial charge on any atom is 0.269 e. The van der Waals surface area contributed by atoms with Crippen molar-refractivity contribution in [3.63, 3.8) is 0 Å². The summed E-state index contributed by atoms with van der Waals surface area (Å²) in [5.74, 6) is 0.958. The summed E-state index contributed by atoms with van der Waals surface area (Å²) in [4.78, 5) is 23.5. The minimum atomic E-state index is -0.470. The van der Waals surface area contributed by atoms with E-state index in [9.17, 15) is 14.9 Å². The zero-order valence-corrected chi connectivity index (χ0v) is 21.4.